The molecule has 4 rings (SSSR count). The molecule has 0 aromatic heterocycles. The lowest BCUT2D eigenvalue weighted by molar-refractivity contribution is -0.124. The predicted octanol–water partition coefficient (Wildman–Crippen LogP) is 3.46. The molecule has 0 aliphatic carbocycles. The number of benzene rings is 3. The van der Waals surface area contributed by atoms with E-state index in [1.165, 1.54) is 12.1 Å². The number of amides is 1. The summed E-state index contributed by atoms with van der Waals surface area (Å²) in [5, 5.41) is 31.8. The first-order valence-corrected chi connectivity index (χ1v) is 11.7. The number of nitrogens with two attached hydrogens (primary N) is 1. The number of carbonyl (C=O) groups is 2. The van der Waals surface area contributed by atoms with Crippen molar-refractivity contribution in [3.8, 4) is 16.9 Å². The van der Waals surface area contributed by atoms with Gasteiger partial charge < -0.3 is 26.4 Å². The molecule has 1 unspecified atom stereocenters. The summed E-state index contributed by atoms with van der Waals surface area (Å²) in [6.07, 6.45) is 0.523. The molecule has 0 saturated carbocycles. The lowest BCUT2D eigenvalue weighted by Gasteiger charge is -2.24. The summed E-state index contributed by atoms with van der Waals surface area (Å²) in [6, 6.07) is 18.3. The minimum atomic E-state index is -1.04. The molecule has 8 nitrogen and oxygen atoms in total. The minimum absolute atomic E-state index is 0.129. The second kappa shape index (κ2) is 10.7. The lowest BCUT2D eigenvalue weighted by Crippen LogP contribution is -2.42. The molecule has 6 N–H and O–H groups in total. The Bertz CT molecular complexity index is 1270. The zero-order valence-corrected chi connectivity index (χ0v) is 19.7. The van der Waals surface area contributed by atoms with Crippen molar-refractivity contribution in [1.82, 2.24) is 10.2 Å². The first-order valence-electron chi connectivity index (χ1n) is 11.7. The van der Waals surface area contributed by atoms with Gasteiger partial charge in [0.05, 0.1) is 11.6 Å². The molecule has 186 valence electrons. The van der Waals surface area contributed by atoms with E-state index in [1.807, 2.05) is 18.2 Å². The molecular weight excluding hydrogens is 458 g/mol. The van der Waals surface area contributed by atoms with Crippen LogP contribution in [0.2, 0.25) is 0 Å². The number of nitrogens with zero attached hydrogens (tertiary/aromatic N) is 1. The van der Waals surface area contributed by atoms with Crippen LogP contribution in [0.4, 0.5) is 0 Å². The highest BCUT2D eigenvalue weighted by Crippen LogP contribution is 2.29. The van der Waals surface area contributed by atoms with Crippen molar-refractivity contribution in [2.24, 2.45) is 5.73 Å². The normalized spacial score (nSPS) is 16.4. The Morgan fingerprint density at radius 1 is 1.03 bits per heavy atom. The van der Waals surface area contributed by atoms with Gasteiger partial charge in [0.2, 0.25) is 5.91 Å². The molecule has 0 bridgehead atoms. The number of aliphatic hydroxyl groups is 1. The maximum absolute atomic E-state index is 13.1. The smallest absolute Gasteiger partial charge is 0.335 e. The second-order valence-corrected chi connectivity index (χ2v) is 8.93. The number of carbonyl (C=O) groups excluding carboxylic acids is 1. The minimum Gasteiger partial charge on any atom is -0.508 e. The molecule has 0 spiro atoms. The van der Waals surface area contributed by atoms with Crippen LogP contribution in [0.5, 0.6) is 5.75 Å². The number of likely N-dealkylation sites (tertiary alicyclic amines) is 1. The number of rotatable bonds is 8. The Balaban J connectivity index is 1.45. The van der Waals surface area contributed by atoms with E-state index in [1.54, 1.807) is 36.4 Å². The summed E-state index contributed by atoms with van der Waals surface area (Å²) in [6.45, 7) is 5.17. The number of hydrogen-bond donors (Lipinski definition) is 5. The van der Waals surface area contributed by atoms with Crippen LogP contribution in [-0.2, 0) is 11.3 Å². The molecule has 1 fully saturated rings. The number of carboxylic acids is 1. The van der Waals surface area contributed by atoms with Crippen LogP contribution in [-0.4, -0.2) is 44.7 Å². The van der Waals surface area contributed by atoms with Gasteiger partial charge in [0.15, 0.2) is 0 Å². The van der Waals surface area contributed by atoms with Crippen LogP contribution in [0.3, 0.4) is 0 Å². The highest BCUT2D eigenvalue weighted by molar-refractivity contribution is 5.91. The fourth-order valence-corrected chi connectivity index (χ4v) is 4.47. The van der Waals surface area contributed by atoms with E-state index >= 15 is 0 Å². The third kappa shape index (κ3) is 5.80. The van der Waals surface area contributed by atoms with E-state index < -0.39 is 12.2 Å². The average Bonchev–Trinajstić information content (AvgIpc) is 3.32. The first-order chi connectivity index (χ1) is 17.2. The van der Waals surface area contributed by atoms with Crippen LogP contribution in [0.25, 0.3) is 16.8 Å². The van der Waals surface area contributed by atoms with Gasteiger partial charge in [-0.05, 0) is 77.5 Å². The van der Waals surface area contributed by atoms with Gasteiger partial charge in [-0.15, -0.1) is 0 Å². The number of hydrogen-bond acceptors (Lipinski definition) is 6. The van der Waals surface area contributed by atoms with Crippen molar-refractivity contribution in [2.45, 2.75) is 31.7 Å². The SMILES string of the molecule is C=C(NC(=O)[C@H]1CCCN1Cc1cc(O)cc(-c2ccc(C(N)O)cc2)c1)c1ccc(C(=O)O)cc1. The van der Waals surface area contributed by atoms with Crippen molar-refractivity contribution in [1.29, 1.82) is 0 Å². The molecule has 1 heterocycles. The number of phenols is 1. The number of phenolic OH excluding ortho intramolecular Hbond substituents is 1. The summed E-state index contributed by atoms with van der Waals surface area (Å²) in [4.78, 5) is 26.2. The fourth-order valence-electron chi connectivity index (χ4n) is 4.47. The maximum Gasteiger partial charge on any atom is 0.335 e. The van der Waals surface area contributed by atoms with E-state index in [0.717, 1.165) is 29.7 Å². The molecule has 1 aliphatic heterocycles. The summed E-state index contributed by atoms with van der Waals surface area (Å²) in [5.41, 5.74) is 9.89. The van der Waals surface area contributed by atoms with E-state index in [4.69, 9.17) is 10.8 Å². The zero-order valence-electron chi connectivity index (χ0n) is 19.7. The maximum atomic E-state index is 13.1. The van der Waals surface area contributed by atoms with Gasteiger partial charge in [-0.25, -0.2) is 4.79 Å². The lowest BCUT2D eigenvalue weighted by atomic mass is 10.0. The Labute approximate surface area is 209 Å². The molecule has 3 aromatic carbocycles. The second-order valence-electron chi connectivity index (χ2n) is 8.93. The highest BCUT2D eigenvalue weighted by atomic mass is 16.4. The molecule has 0 radical (unpaired) electrons. The molecule has 1 saturated heterocycles. The molecule has 2 atom stereocenters. The molecular formula is C28H29N3O5. The van der Waals surface area contributed by atoms with Crippen molar-refractivity contribution in [2.75, 3.05) is 6.54 Å². The number of aromatic hydroxyl groups is 1. The summed E-state index contributed by atoms with van der Waals surface area (Å²) in [7, 11) is 0. The molecule has 3 aromatic rings. The quantitative estimate of drug-likeness (QED) is 0.307. The van der Waals surface area contributed by atoms with Gasteiger partial charge in [0.1, 0.15) is 12.0 Å². The van der Waals surface area contributed by atoms with E-state index in [0.29, 0.717) is 29.8 Å². The Morgan fingerprint density at radius 2 is 1.69 bits per heavy atom. The van der Waals surface area contributed by atoms with Gasteiger partial charge >= 0.3 is 5.97 Å². The van der Waals surface area contributed by atoms with Crippen LogP contribution >= 0.6 is 0 Å². The zero-order chi connectivity index (χ0) is 25.8. The van der Waals surface area contributed by atoms with Crippen LogP contribution in [0, 0.1) is 0 Å². The van der Waals surface area contributed by atoms with Gasteiger partial charge in [0, 0.05) is 12.2 Å². The topological polar surface area (TPSA) is 136 Å². The van der Waals surface area contributed by atoms with Gasteiger partial charge in [-0.1, -0.05) is 43.0 Å². The van der Waals surface area contributed by atoms with E-state index in [2.05, 4.69) is 16.8 Å². The fraction of sp³-hybridized carbons (Fsp3) is 0.214. The summed E-state index contributed by atoms with van der Waals surface area (Å²) in [5.74, 6) is -1.06. The Morgan fingerprint density at radius 3 is 2.33 bits per heavy atom. The Kier molecular flexibility index (Phi) is 7.49. The van der Waals surface area contributed by atoms with Gasteiger partial charge in [0.25, 0.3) is 0 Å². The third-order valence-electron chi connectivity index (χ3n) is 6.37. The van der Waals surface area contributed by atoms with Crippen LogP contribution in [0.15, 0.2) is 73.3 Å². The van der Waals surface area contributed by atoms with Crippen LogP contribution < -0.4 is 11.1 Å². The van der Waals surface area contributed by atoms with Gasteiger partial charge in [-0.3, -0.25) is 9.69 Å². The van der Waals surface area contributed by atoms with E-state index in [9.17, 15) is 19.8 Å². The number of aliphatic hydroxyl groups excluding tert-OH is 1. The molecule has 1 aliphatic rings. The van der Waals surface area contributed by atoms with Crippen molar-refractivity contribution in [3.05, 3.63) is 95.6 Å². The standard InChI is InChI=1S/C28H29N3O5/c1-17(19-4-10-22(11-5-19)28(35)36)30-27(34)25-3-2-12-31(25)16-18-13-23(15-24(32)14-18)20-6-8-21(9-7-20)26(29)33/h4-11,13-15,25-26,32-33H,1-3,12,16,29H2,(H,30,34)(H,35,36)/t25-,26?/m1/s1. The Hall–Kier alpha value is -3.98. The van der Waals surface area contributed by atoms with Gasteiger partial charge in [-0.2, -0.15) is 0 Å². The third-order valence-corrected chi connectivity index (χ3v) is 6.37. The average molecular weight is 488 g/mol. The summed E-state index contributed by atoms with van der Waals surface area (Å²) >= 11 is 0. The monoisotopic (exact) mass is 487 g/mol. The van der Waals surface area contributed by atoms with Crippen molar-refractivity contribution in [3.63, 3.8) is 0 Å². The molecule has 8 heteroatoms. The molecule has 36 heavy (non-hydrogen) atoms. The number of aromatic carboxylic acids is 1. The van der Waals surface area contributed by atoms with E-state index in [-0.39, 0.29) is 23.3 Å². The molecule has 1 amide bonds. The van der Waals surface area contributed by atoms with Crippen LogP contribution in [0.1, 0.15) is 46.1 Å². The highest BCUT2D eigenvalue weighted by Gasteiger charge is 2.31. The summed E-state index contributed by atoms with van der Waals surface area (Å²) < 4.78 is 0. The van der Waals surface area contributed by atoms with Crippen molar-refractivity contribution < 1.29 is 24.9 Å². The first kappa shape index (κ1) is 25.1. The van der Waals surface area contributed by atoms with Crippen molar-refractivity contribution >= 4 is 17.6 Å². The predicted molar refractivity (Wildman–Crippen MR) is 137 cm³/mol. The largest absolute Gasteiger partial charge is 0.508 e. The number of nitrogens with one attached hydrogen (secondary N) is 1. The number of carboxylic acid groups (broad SMARTS) is 1.